The molecule has 106 valence electrons. The molecule has 0 aliphatic carbocycles. The molecule has 1 heterocycles. The van der Waals surface area contributed by atoms with E-state index in [1.165, 1.54) is 11.9 Å². The number of rotatable bonds is 7. The van der Waals surface area contributed by atoms with Crippen LogP contribution >= 0.6 is 0 Å². The van der Waals surface area contributed by atoms with Crippen molar-refractivity contribution in [2.24, 2.45) is 0 Å². The molecule has 0 fully saturated rings. The maximum atomic E-state index is 8.72. The maximum Gasteiger partial charge on any atom is 0.222 e. The average molecular weight is 273 g/mol. The maximum absolute atomic E-state index is 8.72. The molecule has 2 aromatic rings. The summed E-state index contributed by atoms with van der Waals surface area (Å²) in [6, 6.07) is 9.74. The number of aryl methyl sites for hydroxylation is 1. The summed E-state index contributed by atoms with van der Waals surface area (Å²) in [7, 11) is 0. The summed E-state index contributed by atoms with van der Waals surface area (Å²) in [5.74, 6) is 1.28. The number of benzene rings is 1. The molecule has 0 spiro atoms. The van der Waals surface area contributed by atoms with Gasteiger partial charge in [0.1, 0.15) is 12.1 Å². The van der Waals surface area contributed by atoms with E-state index in [1.54, 1.807) is 6.07 Å². The molecule has 20 heavy (non-hydrogen) atoms. The Labute approximate surface area is 118 Å². The van der Waals surface area contributed by atoms with Crippen LogP contribution in [-0.2, 0) is 13.0 Å². The van der Waals surface area contributed by atoms with Gasteiger partial charge in [-0.2, -0.15) is 0 Å². The Balaban J connectivity index is 1.99. The van der Waals surface area contributed by atoms with Gasteiger partial charge in [-0.3, -0.25) is 0 Å². The lowest BCUT2D eigenvalue weighted by molar-refractivity contribution is 0.291. The van der Waals surface area contributed by atoms with Crippen LogP contribution in [0.3, 0.4) is 0 Å². The average Bonchev–Trinajstić information content (AvgIpc) is 2.49. The second-order valence-electron chi connectivity index (χ2n) is 4.35. The van der Waals surface area contributed by atoms with Crippen LogP contribution in [0.4, 0.5) is 0 Å². The van der Waals surface area contributed by atoms with E-state index in [9.17, 15) is 0 Å². The zero-order valence-electron chi connectivity index (χ0n) is 11.5. The Kier molecular flexibility index (Phi) is 5.46. The number of nitrogens with zero attached hydrogens (tertiary/aromatic N) is 2. The van der Waals surface area contributed by atoms with Crippen molar-refractivity contribution in [3.05, 3.63) is 47.9 Å². The van der Waals surface area contributed by atoms with Gasteiger partial charge < -0.3 is 15.2 Å². The lowest BCUT2D eigenvalue weighted by Crippen LogP contribution is -2.18. The van der Waals surface area contributed by atoms with Crippen LogP contribution in [0.25, 0.3) is 0 Å². The van der Waals surface area contributed by atoms with Crippen molar-refractivity contribution in [2.45, 2.75) is 19.9 Å². The highest BCUT2D eigenvalue weighted by molar-refractivity contribution is 5.30. The van der Waals surface area contributed by atoms with Crippen LogP contribution in [0, 0.1) is 0 Å². The molecule has 2 rings (SSSR count). The number of nitrogens with one attached hydrogen (secondary N) is 1. The first kappa shape index (κ1) is 14.4. The number of hydrogen-bond acceptors (Lipinski definition) is 5. The van der Waals surface area contributed by atoms with E-state index in [1.807, 2.05) is 24.3 Å². The van der Waals surface area contributed by atoms with Gasteiger partial charge in [0, 0.05) is 19.2 Å². The Morgan fingerprint density at radius 2 is 2.00 bits per heavy atom. The van der Waals surface area contributed by atoms with Crippen LogP contribution in [0.1, 0.15) is 18.2 Å². The molecule has 1 aromatic heterocycles. The van der Waals surface area contributed by atoms with Crippen molar-refractivity contribution in [3.8, 4) is 11.6 Å². The standard InChI is InChI=1S/C15H19N3O2/c1-2-12-3-5-14(6-4-12)20-15-9-13(17-11-18-15)10-16-7-8-19/h3-6,9,11,16,19H,2,7-8,10H2,1H3. The lowest BCUT2D eigenvalue weighted by Gasteiger charge is -2.07. The molecule has 0 atom stereocenters. The van der Waals surface area contributed by atoms with E-state index >= 15 is 0 Å². The summed E-state index contributed by atoms with van der Waals surface area (Å²) in [5, 5.41) is 11.8. The van der Waals surface area contributed by atoms with Crippen molar-refractivity contribution >= 4 is 0 Å². The molecule has 5 heteroatoms. The van der Waals surface area contributed by atoms with Crippen molar-refractivity contribution in [1.82, 2.24) is 15.3 Å². The first-order chi connectivity index (χ1) is 9.81. The quantitative estimate of drug-likeness (QED) is 0.754. The van der Waals surface area contributed by atoms with Crippen molar-refractivity contribution < 1.29 is 9.84 Å². The van der Waals surface area contributed by atoms with Crippen molar-refractivity contribution in [2.75, 3.05) is 13.2 Å². The largest absolute Gasteiger partial charge is 0.439 e. The van der Waals surface area contributed by atoms with Crippen LogP contribution in [0.15, 0.2) is 36.7 Å². The minimum absolute atomic E-state index is 0.109. The van der Waals surface area contributed by atoms with Crippen LogP contribution < -0.4 is 10.1 Å². The van der Waals surface area contributed by atoms with E-state index in [0.717, 1.165) is 17.9 Å². The van der Waals surface area contributed by atoms with Crippen LogP contribution in [-0.4, -0.2) is 28.2 Å². The van der Waals surface area contributed by atoms with Gasteiger partial charge >= 0.3 is 0 Å². The minimum atomic E-state index is 0.109. The smallest absolute Gasteiger partial charge is 0.222 e. The van der Waals surface area contributed by atoms with Crippen molar-refractivity contribution in [3.63, 3.8) is 0 Å². The third-order valence-corrected chi connectivity index (χ3v) is 2.85. The second-order valence-corrected chi connectivity index (χ2v) is 4.35. The Bertz CT molecular complexity index is 529. The van der Waals surface area contributed by atoms with E-state index in [-0.39, 0.29) is 6.61 Å². The van der Waals surface area contributed by atoms with E-state index in [2.05, 4.69) is 22.2 Å². The monoisotopic (exact) mass is 273 g/mol. The summed E-state index contributed by atoms with van der Waals surface area (Å²) < 4.78 is 5.70. The number of aliphatic hydroxyl groups is 1. The highest BCUT2D eigenvalue weighted by Crippen LogP contribution is 2.20. The highest BCUT2D eigenvalue weighted by atomic mass is 16.5. The number of aliphatic hydroxyl groups excluding tert-OH is 1. The first-order valence-electron chi connectivity index (χ1n) is 6.71. The Hall–Kier alpha value is -1.98. The fourth-order valence-corrected chi connectivity index (χ4v) is 1.74. The molecule has 0 unspecified atom stereocenters. The van der Waals surface area contributed by atoms with Gasteiger partial charge in [-0.25, -0.2) is 9.97 Å². The molecule has 5 nitrogen and oxygen atoms in total. The molecule has 0 aliphatic rings. The second kappa shape index (κ2) is 7.57. The topological polar surface area (TPSA) is 67.3 Å². The van der Waals surface area contributed by atoms with E-state index in [4.69, 9.17) is 9.84 Å². The third kappa shape index (κ3) is 4.29. The van der Waals surface area contributed by atoms with Gasteiger partial charge in [-0.1, -0.05) is 19.1 Å². The molecule has 0 aliphatic heterocycles. The fraction of sp³-hybridized carbons (Fsp3) is 0.333. The molecular formula is C15H19N3O2. The summed E-state index contributed by atoms with van der Waals surface area (Å²) in [6.07, 6.45) is 2.49. The molecular weight excluding hydrogens is 254 g/mol. The zero-order valence-corrected chi connectivity index (χ0v) is 11.5. The summed E-state index contributed by atoms with van der Waals surface area (Å²) in [6.45, 7) is 3.34. The number of ether oxygens (including phenoxy) is 1. The van der Waals surface area contributed by atoms with Gasteiger partial charge in [-0.15, -0.1) is 0 Å². The predicted molar refractivity (Wildman–Crippen MR) is 76.7 cm³/mol. The summed E-state index contributed by atoms with van der Waals surface area (Å²) in [4.78, 5) is 8.24. The van der Waals surface area contributed by atoms with E-state index in [0.29, 0.717) is 19.0 Å². The molecule has 0 saturated heterocycles. The zero-order chi connectivity index (χ0) is 14.2. The third-order valence-electron chi connectivity index (χ3n) is 2.85. The summed E-state index contributed by atoms with van der Waals surface area (Å²) in [5.41, 5.74) is 2.10. The molecule has 0 amide bonds. The Morgan fingerprint density at radius 3 is 2.70 bits per heavy atom. The molecule has 0 radical (unpaired) electrons. The van der Waals surface area contributed by atoms with Gasteiger partial charge in [0.2, 0.25) is 5.88 Å². The van der Waals surface area contributed by atoms with Crippen molar-refractivity contribution in [1.29, 1.82) is 0 Å². The molecule has 0 saturated carbocycles. The highest BCUT2D eigenvalue weighted by Gasteiger charge is 2.02. The summed E-state index contributed by atoms with van der Waals surface area (Å²) >= 11 is 0. The fourth-order valence-electron chi connectivity index (χ4n) is 1.74. The Morgan fingerprint density at radius 1 is 1.20 bits per heavy atom. The molecule has 1 aromatic carbocycles. The molecule has 0 bridgehead atoms. The number of hydrogen-bond donors (Lipinski definition) is 2. The van der Waals surface area contributed by atoms with Gasteiger partial charge in [0.15, 0.2) is 0 Å². The SMILES string of the molecule is CCc1ccc(Oc2cc(CNCCO)ncn2)cc1. The lowest BCUT2D eigenvalue weighted by atomic mass is 10.2. The number of aromatic nitrogens is 2. The van der Waals surface area contributed by atoms with Gasteiger partial charge in [-0.05, 0) is 24.1 Å². The predicted octanol–water partition coefficient (Wildman–Crippen LogP) is 1.91. The van der Waals surface area contributed by atoms with Gasteiger partial charge in [0.25, 0.3) is 0 Å². The van der Waals surface area contributed by atoms with Crippen LogP contribution in [0.2, 0.25) is 0 Å². The normalized spacial score (nSPS) is 10.5. The first-order valence-corrected chi connectivity index (χ1v) is 6.71. The van der Waals surface area contributed by atoms with E-state index < -0.39 is 0 Å². The van der Waals surface area contributed by atoms with Crippen LogP contribution in [0.5, 0.6) is 11.6 Å². The minimum Gasteiger partial charge on any atom is -0.439 e. The molecule has 2 N–H and O–H groups in total. The van der Waals surface area contributed by atoms with Gasteiger partial charge in [0.05, 0.1) is 12.3 Å².